The lowest BCUT2D eigenvalue weighted by Gasteiger charge is -2.12. The summed E-state index contributed by atoms with van der Waals surface area (Å²) < 4.78 is 29.7. The van der Waals surface area contributed by atoms with Crippen LogP contribution in [0.25, 0.3) is 0 Å². The highest BCUT2D eigenvalue weighted by Crippen LogP contribution is 2.17. The van der Waals surface area contributed by atoms with Gasteiger partial charge in [-0.25, -0.2) is 13.6 Å². The van der Waals surface area contributed by atoms with Gasteiger partial charge < -0.3 is 9.84 Å². The summed E-state index contributed by atoms with van der Waals surface area (Å²) in [5.74, 6) is -1.78. The minimum Gasteiger partial charge on any atom is -0.479 e. The number of aliphatic carboxylic acids is 1. The molecule has 0 saturated carbocycles. The maximum Gasteiger partial charge on any atom is 0.337 e. The summed E-state index contributed by atoms with van der Waals surface area (Å²) in [6, 6.07) is 10.6. The van der Waals surface area contributed by atoms with Gasteiger partial charge in [-0.05, 0) is 48.9 Å². The van der Waals surface area contributed by atoms with Crippen LogP contribution in [-0.4, -0.2) is 24.0 Å². The Bertz CT molecular complexity index is 624. The zero-order valence-electron chi connectivity index (χ0n) is 12.4. The largest absolute Gasteiger partial charge is 0.479 e. The first-order valence-electron chi connectivity index (χ1n) is 6.78. The zero-order chi connectivity index (χ0) is 17.2. The Labute approximate surface area is 132 Å². The summed E-state index contributed by atoms with van der Waals surface area (Å²) in [4.78, 5) is 20.8. The molecule has 0 aromatic heterocycles. The van der Waals surface area contributed by atoms with Crippen molar-refractivity contribution in [2.75, 3.05) is 6.61 Å². The van der Waals surface area contributed by atoms with E-state index in [1.165, 1.54) is 48.5 Å². The van der Waals surface area contributed by atoms with E-state index < -0.39 is 17.9 Å². The molecule has 0 aliphatic carbocycles. The number of ether oxygens (including phenoxy) is 1. The predicted octanol–water partition coefficient (Wildman–Crippen LogP) is 3.63. The molecule has 23 heavy (non-hydrogen) atoms. The van der Waals surface area contributed by atoms with E-state index >= 15 is 0 Å². The topological polar surface area (TPSA) is 63.6 Å². The number of benzene rings is 2. The first-order chi connectivity index (χ1) is 11.0. The molecule has 6 heteroatoms. The minimum absolute atomic E-state index is 0.300. The van der Waals surface area contributed by atoms with Crippen LogP contribution in [0, 0.1) is 11.6 Å². The third-order valence-corrected chi connectivity index (χ3v) is 2.74. The standard InChI is InChI=1S/C10H11FO3.C7H5FO/c1-2-14-9(10(12)13)7-3-5-8(11)6-4-7;8-7-3-1-6(5-9)2-4-7/h3-6,9H,2H2,1H3,(H,12,13);1-5H. The first kappa shape index (κ1) is 18.4. The van der Waals surface area contributed by atoms with Gasteiger partial charge in [0.25, 0.3) is 0 Å². The average molecular weight is 322 g/mol. The van der Waals surface area contributed by atoms with Crippen molar-refractivity contribution in [3.63, 3.8) is 0 Å². The summed E-state index contributed by atoms with van der Waals surface area (Å²) in [6.07, 6.45) is -0.333. The van der Waals surface area contributed by atoms with Crippen molar-refractivity contribution in [3.8, 4) is 0 Å². The van der Waals surface area contributed by atoms with Crippen molar-refractivity contribution in [1.82, 2.24) is 0 Å². The molecular weight excluding hydrogens is 306 g/mol. The van der Waals surface area contributed by atoms with Gasteiger partial charge in [-0.15, -0.1) is 0 Å². The van der Waals surface area contributed by atoms with E-state index in [2.05, 4.69) is 0 Å². The van der Waals surface area contributed by atoms with Crippen LogP contribution in [0.1, 0.15) is 28.9 Å². The number of hydrogen-bond donors (Lipinski definition) is 1. The molecular formula is C17H16F2O4. The first-order valence-corrected chi connectivity index (χ1v) is 6.78. The molecule has 1 atom stereocenters. The Morgan fingerprint density at radius 1 is 1.09 bits per heavy atom. The van der Waals surface area contributed by atoms with Crippen molar-refractivity contribution in [2.45, 2.75) is 13.0 Å². The van der Waals surface area contributed by atoms with Crippen LogP contribution in [0.2, 0.25) is 0 Å². The highest BCUT2D eigenvalue weighted by molar-refractivity contribution is 5.74. The van der Waals surface area contributed by atoms with Crippen LogP contribution in [0.4, 0.5) is 8.78 Å². The fourth-order valence-electron chi connectivity index (χ4n) is 1.66. The van der Waals surface area contributed by atoms with E-state index in [-0.39, 0.29) is 5.82 Å². The van der Waals surface area contributed by atoms with Gasteiger partial charge in [0.2, 0.25) is 0 Å². The molecule has 0 aliphatic heterocycles. The molecule has 0 heterocycles. The van der Waals surface area contributed by atoms with Crippen LogP contribution in [-0.2, 0) is 9.53 Å². The number of carbonyl (C=O) groups excluding carboxylic acids is 1. The van der Waals surface area contributed by atoms with Crippen LogP contribution < -0.4 is 0 Å². The van der Waals surface area contributed by atoms with Gasteiger partial charge in [-0.1, -0.05) is 12.1 Å². The maximum atomic E-state index is 12.5. The Balaban J connectivity index is 0.000000253. The molecule has 2 rings (SSSR count). The van der Waals surface area contributed by atoms with Crippen molar-refractivity contribution in [1.29, 1.82) is 0 Å². The summed E-state index contributed by atoms with van der Waals surface area (Å²) in [7, 11) is 0. The molecule has 0 aliphatic rings. The number of hydrogen-bond acceptors (Lipinski definition) is 3. The number of carbonyl (C=O) groups is 2. The molecule has 1 unspecified atom stereocenters. The van der Waals surface area contributed by atoms with Gasteiger partial charge >= 0.3 is 5.97 Å². The normalized spacial score (nSPS) is 11.1. The van der Waals surface area contributed by atoms with E-state index in [0.29, 0.717) is 24.0 Å². The molecule has 0 spiro atoms. The monoisotopic (exact) mass is 322 g/mol. The van der Waals surface area contributed by atoms with Gasteiger partial charge in [-0.2, -0.15) is 0 Å². The van der Waals surface area contributed by atoms with Gasteiger partial charge in [0, 0.05) is 12.2 Å². The molecule has 2 aromatic carbocycles. The van der Waals surface area contributed by atoms with Crippen molar-refractivity contribution < 1.29 is 28.2 Å². The molecule has 4 nitrogen and oxygen atoms in total. The minimum atomic E-state index is -1.07. The average Bonchev–Trinajstić information content (AvgIpc) is 2.55. The van der Waals surface area contributed by atoms with Gasteiger partial charge in [0.05, 0.1) is 0 Å². The van der Waals surface area contributed by atoms with Crippen LogP contribution in [0.3, 0.4) is 0 Å². The molecule has 0 amide bonds. The Morgan fingerprint density at radius 3 is 1.96 bits per heavy atom. The van der Waals surface area contributed by atoms with Gasteiger partial charge in [-0.3, -0.25) is 4.79 Å². The lowest BCUT2D eigenvalue weighted by Crippen LogP contribution is -2.15. The van der Waals surface area contributed by atoms with Crippen LogP contribution in [0.15, 0.2) is 48.5 Å². The van der Waals surface area contributed by atoms with Crippen molar-refractivity contribution in [2.24, 2.45) is 0 Å². The molecule has 0 bridgehead atoms. The van der Waals surface area contributed by atoms with E-state index in [1.807, 2.05) is 0 Å². The lowest BCUT2D eigenvalue weighted by atomic mass is 10.1. The third-order valence-electron chi connectivity index (χ3n) is 2.74. The van der Waals surface area contributed by atoms with Crippen molar-refractivity contribution >= 4 is 12.3 Å². The van der Waals surface area contributed by atoms with E-state index in [9.17, 15) is 18.4 Å². The Kier molecular flexibility index (Phi) is 7.56. The molecule has 1 N–H and O–H groups in total. The molecule has 122 valence electrons. The van der Waals surface area contributed by atoms with Crippen LogP contribution >= 0.6 is 0 Å². The molecule has 0 saturated heterocycles. The zero-order valence-corrected chi connectivity index (χ0v) is 12.4. The summed E-state index contributed by atoms with van der Waals surface area (Å²) in [5, 5.41) is 8.81. The van der Waals surface area contributed by atoms with Gasteiger partial charge in [0.15, 0.2) is 6.10 Å². The highest BCUT2D eigenvalue weighted by Gasteiger charge is 2.19. The fraction of sp³-hybridized carbons (Fsp3) is 0.176. The third kappa shape index (κ3) is 6.36. The summed E-state index contributed by atoms with van der Waals surface area (Å²) in [6.45, 7) is 2.01. The Morgan fingerprint density at radius 2 is 1.57 bits per heavy atom. The highest BCUT2D eigenvalue weighted by atomic mass is 19.1. The number of halogens is 2. The second-order valence-corrected chi connectivity index (χ2v) is 4.39. The number of carboxylic acid groups (broad SMARTS) is 1. The smallest absolute Gasteiger partial charge is 0.337 e. The molecule has 2 aromatic rings. The quantitative estimate of drug-likeness (QED) is 0.854. The van der Waals surface area contributed by atoms with Crippen molar-refractivity contribution in [3.05, 3.63) is 71.3 Å². The summed E-state index contributed by atoms with van der Waals surface area (Å²) >= 11 is 0. The SMILES string of the molecule is CCOC(C(=O)O)c1ccc(F)cc1.O=Cc1ccc(F)cc1. The number of rotatable bonds is 5. The van der Waals surface area contributed by atoms with E-state index in [4.69, 9.17) is 9.84 Å². The number of carboxylic acids is 1. The molecule has 0 fully saturated rings. The van der Waals surface area contributed by atoms with E-state index in [1.54, 1.807) is 6.92 Å². The number of aldehydes is 1. The summed E-state index contributed by atoms with van der Waals surface area (Å²) in [5.41, 5.74) is 0.942. The fourth-order valence-corrected chi connectivity index (χ4v) is 1.66. The molecule has 0 radical (unpaired) electrons. The van der Waals surface area contributed by atoms with E-state index in [0.717, 1.165) is 0 Å². The van der Waals surface area contributed by atoms with Crippen LogP contribution in [0.5, 0.6) is 0 Å². The second kappa shape index (κ2) is 9.42. The second-order valence-electron chi connectivity index (χ2n) is 4.39. The Hall–Kier alpha value is -2.60. The predicted molar refractivity (Wildman–Crippen MR) is 80.2 cm³/mol. The maximum absolute atomic E-state index is 12.5. The lowest BCUT2D eigenvalue weighted by molar-refractivity contribution is -0.150. The van der Waals surface area contributed by atoms with Gasteiger partial charge in [0.1, 0.15) is 17.9 Å².